The van der Waals surface area contributed by atoms with Gasteiger partial charge < -0.3 is 14.4 Å². The highest BCUT2D eigenvalue weighted by molar-refractivity contribution is 5.58. The minimum absolute atomic E-state index is 0.137. The number of pyridine rings is 1. The molecule has 2 heterocycles. The number of nitriles is 1. The number of aromatic nitrogens is 1. The summed E-state index contributed by atoms with van der Waals surface area (Å²) in [5.74, 6) is 0.788. The van der Waals surface area contributed by atoms with Gasteiger partial charge in [0.25, 0.3) is 0 Å². The summed E-state index contributed by atoms with van der Waals surface area (Å²) in [5, 5.41) is 9.36. The average molecular weight is 275 g/mol. The van der Waals surface area contributed by atoms with Crippen LogP contribution in [0.25, 0.3) is 0 Å². The fourth-order valence-corrected chi connectivity index (χ4v) is 2.52. The maximum absolute atomic E-state index is 9.36. The summed E-state index contributed by atoms with van der Waals surface area (Å²) in [4.78, 5) is 6.71. The zero-order chi connectivity index (χ0) is 14.5. The molecule has 0 saturated carbocycles. The quantitative estimate of drug-likeness (QED) is 0.838. The molecule has 1 atom stereocenters. The van der Waals surface area contributed by atoms with Crippen LogP contribution in [0.5, 0.6) is 0 Å². The van der Waals surface area contributed by atoms with Gasteiger partial charge in [0.15, 0.2) is 0 Å². The first-order valence-electron chi connectivity index (χ1n) is 6.89. The van der Waals surface area contributed by atoms with Crippen molar-refractivity contribution in [3.05, 3.63) is 22.9 Å². The van der Waals surface area contributed by atoms with Crippen LogP contribution in [0.15, 0.2) is 6.07 Å². The first-order valence-corrected chi connectivity index (χ1v) is 6.89. The number of rotatable bonds is 4. The van der Waals surface area contributed by atoms with E-state index in [1.165, 1.54) is 0 Å². The molecular formula is C15H21N3O2. The molecular weight excluding hydrogens is 254 g/mol. The van der Waals surface area contributed by atoms with Gasteiger partial charge in [-0.05, 0) is 31.9 Å². The van der Waals surface area contributed by atoms with E-state index in [0.29, 0.717) is 18.8 Å². The highest BCUT2D eigenvalue weighted by Crippen LogP contribution is 2.24. The molecule has 5 heteroatoms. The topological polar surface area (TPSA) is 58.4 Å². The Morgan fingerprint density at radius 2 is 2.35 bits per heavy atom. The third-order valence-electron chi connectivity index (χ3n) is 3.52. The Morgan fingerprint density at radius 1 is 1.55 bits per heavy atom. The molecule has 0 amide bonds. The van der Waals surface area contributed by atoms with Crippen LogP contribution in [0.4, 0.5) is 5.82 Å². The van der Waals surface area contributed by atoms with Crippen LogP contribution in [0.3, 0.4) is 0 Å². The first kappa shape index (κ1) is 14.8. The van der Waals surface area contributed by atoms with E-state index in [0.717, 1.165) is 36.6 Å². The molecule has 1 fully saturated rings. The van der Waals surface area contributed by atoms with E-state index in [9.17, 15) is 5.26 Å². The van der Waals surface area contributed by atoms with Gasteiger partial charge in [-0.2, -0.15) is 5.26 Å². The second kappa shape index (κ2) is 6.69. The maximum Gasteiger partial charge on any atom is 0.147 e. The van der Waals surface area contributed by atoms with Gasteiger partial charge in [-0.1, -0.05) is 0 Å². The van der Waals surface area contributed by atoms with Crippen molar-refractivity contribution in [2.75, 3.05) is 38.3 Å². The molecule has 0 radical (unpaired) electrons. The number of nitrogens with zero attached hydrogens (tertiary/aromatic N) is 3. The van der Waals surface area contributed by atoms with Crippen LogP contribution in [-0.2, 0) is 9.47 Å². The third kappa shape index (κ3) is 3.27. The third-order valence-corrected chi connectivity index (χ3v) is 3.52. The summed E-state index contributed by atoms with van der Waals surface area (Å²) >= 11 is 0. The van der Waals surface area contributed by atoms with Gasteiger partial charge in [0, 0.05) is 32.5 Å². The van der Waals surface area contributed by atoms with E-state index < -0.39 is 0 Å². The Hall–Kier alpha value is -1.64. The Morgan fingerprint density at radius 3 is 3.05 bits per heavy atom. The van der Waals surface area contributed by atoms with Crippen LogP contribution in [-0.4, -0.2) is 44.5 Å². The van der Waals surface area contributed by atoms with Crippen LogP contribution >= 0.6 is 0 Å². The fourth-order valence-electron chi connectivity index (χ4n) is 2.52. The molecule has 1 aliphatic heterocycles. The van der Waals surface area contributed by atoms with E-state index in [-0.39, 0.29) is 6.10 Å². The fraction of sp³-hybridized carbons (Fsp3) is 0.600. The molecule has 0 aromatic carbocycles. The van der Waals surface area contributed by atoms with Crippen molar-refractivity contribution in [2.24, 2.45) is 0 Å². The summed E-state index contributed by atoms with van der Waals surface area (Å²) in [6.45, 7) is 6.79. The zero-order valence-corrected chi connectivity index (χ0v) is 12.3. The van der Waals surface area contributed by atoms with Crippen LogP contribution < -0.4 is 4.90 Å². The van der Waals surface area contributed by atoms with Gasteiger partial charge >= 0.3 is 0 Å². The van der Waals surface area contributed by atoms with Gasteiger partial charge in [-0.3, -0.25) is 0 Å². The Kier molecular flexibility index (Phi) is 4.94. The normalized spacial score (nSPS) is 18.9. The van der Waals surface area contributed by atoms with Crippen molar-refractivity contribution in [3.8, 4) is 6.07 Å². The molecule has 20 heavy (non-hydrogen) atoms. The molecule has 0 spiro atoms. The second-order valence-electron chi connectivity index (χ2n) is 5.11. The predicted octanol–water partition coefficient (Wildman–Crippen LogP) is 1.81. The second-order valence-corrected chi connectivity index (χ2v) is 5.11. The van der Waals surface area contributed by atoms with E-state index in [4.69, 9.17) is 9.47 Å². The standard InChI is InChI=1S/C15H21N3O2/c1-11-8-12(2)17-15(14(11)9-16)18-5-7-20-13(10-18)4-6-19-3/h8,13H,4-7,10H2,1-3H3/t13-/m0/s1. The van der Waals surface area contributed by atoms with Gasteiger partial charge in [0.2, 0.25) is 0 Å². The Balaban J connectivity index is 2.20. The lowest BCUT2D eigenvalue weighted by molar-refractivity contribution is 0.0189. The molecule has 0 aliphatic carbocycles. The Labute approximate surface area is 120 Å². The molecule has 108 valence electrons. The number of anilines is 1. The molecule has 2 rings (SSSR count). The van der Waals surface area contributed by atoms with E-state index in [1.807, 2.05) is 19.9 Å². The zero-order valence-electron chi connectivity index (χ0n) is 12.3. The monoisotopic (exact) mass is 275 g/mol. The minimum atomic E-state index is 0.137. The van der Waals surface area contributed by atoms with Crippen molar-refractivity contribution in [1.82, 2.24) is 4.98 Å². The molecule has 1 aromatic heterocycles. The van der Waals surface area contributed by atoms with Gasteiger partial charge in [0.1, 0.15) is 11.9 Å². The maximum atomic E-state index is 9.36. The summed E-state index contributed by atoms with van der Waals surface area (Å²) in [5.41, 5.74) is 2.59. The lowest BCUT2D eigenvalue weighted by Crippen LogP contribution is -2.43. The molecule has 0 unspecified atom stereocenters. The molecule has 1 aromatic rings. The predicted molar refractivity (Wildman–Crippen MR) is 76.9 cm³/mol. The molecule has 0 N–H and O–H groups in total. The van der Waals surface area contributed by atoms with Crippen molar-refractivity contribution in [1.29, 1.82) is 5.26 Å². The molecule has 0 bridgehead atoms. The van der Waals surface area contributed by atoms with Crippen molar-refractivity contribution < 1.29 is 9.47 Å². The van der Waals surface area contributed by atoms with Crippen LogP contribution in [0.2, 0.25) is 0 Å². The summed E-state index contributed by atoms with van der Waals surface area (Å²) in [6, 6.07) is 4.23. The number of aryl methyl sites for hydroxylation is 2. The first-order chi connectivity index (χ1) is 9.65. The van der Waals surface area contributed by atoms with E-state index in [2.05, 4.69) is 16.0 Å². The SMILES string of the molecule is COCC[C@H]1CN(c2nc(C)cc(C)c2C#N)CCO1. The minimum Gasteiger partial charge on any atom is -0.385 e. The van der Waals surface area contributed by atoms with Gasteiger partial charge in [-0.25, -0.2) is 4.98 Å². The van der Waals surface area contributed by atoms with Crippen molar-refractivity contribution >= 4 is 5.82 Å². The van der Waals surface area contributed by atoms with Gasteiger partial charge in [-0.15, -0.1) is 0 Å². The van der Waals surface area contributed by atoms with Crippen molar-refractivity contribution in [2.45, 2.75) is 26.4 Å². The average Bonchev–Trinajstić information content (AvgIpc) is 2.44. The highest BCUT2D eigenvalue weighted by atomic mass is 16.5. The lowest BCUT2D eigenvalue weighted by atomic mass is 10.1. The van der Waals surface area contributed by atoms with E-state index >= 15 is 0 Å². The molecule has 5 nitrogen and oxygen atoms in total. The highest BCUT2D eigenvalue weighted by Gasteiger charge is 2.24. The van der Waals surface area contributed by atoms with E-state index in [1.54, 1.807) is 7.11 Å². The number of hydrogen-bond donors (Lipinski definition) is 0. The smallest absolute Gasteiger partial charge is 0.147 e. The molecule has 1 saturated heterocycles. The number of ether oxygens (including phenoxy) is 2. The number of methoxy groups -OCH3 is 1. The molecule has 1 aliphatic rings. The largest absolute Gasteiger partial charge is 0.385 e. The van der Waals surface area contributed by atoms with Crippen LogP contribution in [0, 0.1) is 25.2 Å². The van der Waals surface area contributed by atoms with Crippen molar-refractivity contribution in [3.63, 3.8) is 0 Å². The van der Waals surface area contributed by atoms with Gasteiger partial charge in [0.05, 0.1) is 18.3 Å². The summed E-state index contributed by atoms with van der Waals surface area (Å²) in [7, 11) is 1.69. The Bertz CT molecular complexity index is 511. The van der Waals surface area contributed by atoms with Crippen LogP contribution in [0.1, 0.15) is 23.2 Å². The summed E-state index contributed by atoms with van der Waals surface area (Å²) in [6.07, 6.45) is 0.998. The summed E-state index contributed by atoms with van der Waals surface area (Å²) < 4.78 is 10.8. The number of morpholine rings is 1. The lowest BCUT2D eigenvalue weighted by Gasteiger charge is -2.34. The number of hydrogen-bond acceptors (Lipinski definition) is 5.